The van der Waals surface area contributed by atoms with Crippen molar-refractivity contribution in [2.75, 3.05) is 19.6 Å². The van der Waals surface area contributed by atoms with Crippen molar-refractivity contribution in [3.05, 3.63) is 0 Å². The molecule has 0 aromatic rings. The van der Waals surface area contributed by atoms with E-state index < -0.39 is 42.3 Å². The van der Waals surface area contributed by atoms with E-state index in [2.05, 4.69) is 21.3 Å². The Morgan fingerprint density at radius 1 is 1.07 bits per heavy atom. The second-order valence-electron chi connectivity index (χ2n) is 6.77. The van der Waals surface area contributed by atoms with Crippen molar-refractivity contribution in [3.8, 4) is 0 Å². The zero-order chi connectivity index (χ0) is 21.8. The Labute approximate surface area is 168 Å². The Bertz CT molecular complexity index is 607. The Hall–Kier alpha value is -2.73. The number of carbonyl (C=O) groups is 5. The molecular formula is C17H29N5O7. The van der Waals surface area contributed by atoms with Crippen LogP contribution in [0.1, 0.15) is 38.5 Å². The second kappa shape index (κ2) is 12.7. The van der Waals surface area contributed by atoms with E-state index in [1.54, 1.807) is 0 Å². The van der Waals surface area contributed by atoms with Crippen LogP contribution >= 0.6 is 0 Å². The smallest absolute Gasteiger partial charge is 0.326 e. The summed E-state index contributed by atoms with van der Waals surface area (Å²) in [5, 5.41) is 27.9. The van der Waals surface area contributed by atoms with Gasteiger partial charge in [-0.05, 0) is 45.2 Å². The highest BCUT2D eigenvalue weighted by atomic mass is 16.4. The third kappa shape index (κ3) is 9.34. The molecule has 0 aromatic carbocycles. The van der Waals surface area contributed by atoms with Crippen LogP contribution < -0.4 is 27.0 Å². The molecule has 12 nitrogen and oxygen atoms in total. The fourth-order valence-electron chi connectivity index (χ4n) is 2.85. The van der Waals surface area contributed by atoms with Crippen LogP contribution in [0.2, 0.25) is 0 Å². The van der Waals surface area contributed by atoms with Gasteiger partial charge >= 0.3 is 11.9 Å². The van der Waals surface area contributed by atoms with Gasteiger partial charge in [0, 0.05) is 0 Å². The van der Waals surface area contributed by atoms with Crippen LogP contribution in [0, 0.1) is 0 Å². The van der Waals surface area contributed by atoms with Crippen molar-refractivity contribution in [1.82, 2.24) is 21.3 Å². The minimum atomic E-state index is -1.62. The largest absolute Gasteiger partial charge is 0.481 e. The molecule has 12 heteroatoms. The van der Waals surface area contributed by atoms with Gasteiger partial charge < -0.3 is 37.2 Å². The molecule has 3 atom stereocenters. The van der Waals surface area contributed by atoms with Gasteiger partial charge in [0.1, 0.15) is 12.1 Å². The van der Waals surface area contributed by atoms with Gasteiger partial charge in [-0.1, -0.05) is 0 Å². The average molecular weight is 415 g/mol. The molecule has 1 heterocycles. The third-order valence-electron chi connectivity index (χ3n) is 4.39. The molecule has 164 valence electrons. The second-order valence-corrected chi connectivity index (χ2v) is 6.77. The van der Waals surface area contributed by atoms with Gasteiger partial charge in [0.2, 0.25) is 17.7 Å². The molecule has 0 spiro atoms. The van der Waals surface area contributed by atoms with E-state index in [0.29, 0.717) is 25.8 Å². The maximum Gasteiger partial charge on any atom is 0.326 e. The summed E-state index contributed by atoms with van der Waals surface area (Å²) in [6.07, 6.45) is 2.01. The van der Waals surface area contributed by atoms with Crippen molar-refractivity contribution in [1.29, 1.82) is 0 Å². The molecule has 3 amide bonds. The van der Waals surface area contributed by atoms with Crippen molar-refractivity contribution < 1.29 is 34.2 Å². The van der Waals surface area contributed by atoms with Crippen LogP contribution in [0.15, 0.2) is 0 Å². The average Bonchev–Trinajstić information content (AvgIpc) is 3.19. The SMILES string of the molecule is NCCCCC(NC(=O)CNC(=O)C1CCCN1)C(=O)NC(CC(=O)O)C(=O)O. The van der Waals surface area contributed by atoms with Crippen molar-refractivity contribution in [3.63, 3.8) is 0 Å². The first-order valence-electron chi connectivity index (χ1n) is 9.50. The summed E-state index contributed by atoms with van der Waals surface area (Å²) in [7, 11) is 0. The minimum absolute atomic E-state index is 0.187. The standard InChI is InChI=1S/C17H29N5O7/c18-6-2-1-4-11(16(27)22-12(17(28)29)8-14(24)25)21-13(23)9-20-15(26)10-5-3-7-19-10/h10-12,19H,1-9,18H2,(H,20,26)(H,21,23)(H,22,27)(H,24,25)(H,28,29). The number of rotatable bonds is 13. The molecule has 0 bridgehead atoms. The number of carboxylic acid groups (broad SMARTS) is 2. The number of unbranched alkanes of at least 4 members (excludes halogenated alkanes) is 1. The maximum atomic E-state index is 12.4. The molecule has 0 aliphatic carbocycles. The third-order valence-corrected chi connectivity index (χ3v) is 4.39. The van der Waals surface area contributed by atoms with E-state index in [9.17, 15) is 24.0 Å². The van der Waals surface area contributed by atoms with Crippen molar-refractivity contribution in [2.45, 2.75) is 56.7 Å². The lowest BCUT2D eigenvalue weighted by Crippen LogP contribution is -2.54. The van der Waals surface area contributed by atoms with Crippen LogP contribution in [0.5, 0.6) is 0 Å². The number of aliphatic carboxylic acids is 2. The summed E-state index contributed by atoms with van der Waals surface area (Å²) >= 11 is 0. The van der Waals surface area contributed by atoms with Crippen LogP contribution in [0.4, 0.5) is 0 Å². The fraction of sp³-hybridized carbons (Fsp3) is 0.706. The summed E-state index contributed by atoms with van der Waals surface area (Å²) in [6.45, 7) is 0.771. The molecule has 0 radical (unpaired) electrons. The Morgan fingerprint density at radius 2 is 1.79 bits per heavy atom. The van der Waals surface area contributed by atoms with Crippen LogP contribution in [-0.2, 0) is 24.0 Å². The van der Waals surface area contributed by atoms with E-state index in [0.717, 1.165) is 13.0 Å². The molecule has 1 rings (SSSR count). The van der Waals surface area contributed by atoms with Gasteiger partial charge in [0.15, 0.2) is 0 Å². The van der Waals surface area contributed by atoms with E-state index in [1.165, 1.54) is 0 Å². The number of hydrogen-bond acceptors (Lipinski definition) is 7. The summed E-state index contributed by atoms with van der Waals surface area (Å²) in [6, 6.07) is -3.05. The first-order valence-corrected chi connectivity index (χ1v) is 9.50. The molecule has 8 N–H and O–H groups in total. The predicted octanol–water partition coefficient (Wildman–Crippen LogP) is -2.49. The summed E-state index contributed by atoms with van der Waals surface area (Å²) in [5.74, 6) is -4.62. The van der Waals surface area contributed by atoms with Gasteiger partial charge in [0.25, 0.3) is 0 Å². The van der Waals surface area contributed by atoms with Gasteiger partial charge in [-0.15, -0.1) is 0 Å². The predicted molar refractivity (Wildman–Crippen MR) is 101 cm³/mol. The number of nitrogens with two attached hydrogens (primary N) is 1. The van der Waals surface area contributed by atoms with Gasteiger partial charge in [-0.3, -0.25) is 19.2 Å². The van der Waals surface area contributed by atoms with E-state index in [4.69, 9.17) is 15.9 Å². The monoisotopic (exact) mass is 415 g/mol. The molecule has 0 saturated carbocycles. The fourth-order valence-corrected chi connectivity index (χ4v) is 2.85. The van der Waals surface area contributed by atoms with Gasteiger partial charge in [0.05, 0.1) is 19.0 Å². The normalized spacial score (nSPS) is 17.8. The summed E-state index contributed by atoms with van der Waals surface area (Å²) < 4.78 is 0. The first-order chi connectivity index (χ1) is 13.7. The molecule has 1 aliphatic rings. The minimum Gasteiger partial charge on any atom is -0.481 e. The molecule has 0 aromatic heterocycles. The summed E-state index contributed by atoms with van der Waals surface area (Å²) in [5.41, 5.74) is 5.42. The molecule has 3 unspecified atom stereocenters. The van der Waals surface area contributed by atoms with Gasteiger partial charge in [-0.2, -0.15) is 0 Å². The van der Waals surface area contributed by atoms with Crippen LogP contribution in [-0.4, -0.2) is 77.6 Å². The topological polar surface area (TPSA) is 200 Å². The highest BCUT2D eigenvalue weighted by Gasteiger charge is 2.28. The number of carbonyl (C=O) groups excluding carboxylic acids is 3. The Morgan fingerprint density at radius 3 is 2.34 bits per heavy atom. The number of amides is 3. The zero-order valence-corrected chi connectivity index (χ0v) is 16.1. The maximum absolute atomic E-state index is 12.4. The first kappa shape index (κ1) is 24.3. The van der Waals surface area contributed by atoms with Crippen LogP contribution in [0.3, 0.4) is 0 Å². The zero-order valence-electron chi connectivity index (χ0n) is 16.1. The number of nitrogens with one attached hydrogen (secondary N) is 4. The molecule has 29 heavy (non-hydrogen) atoms. The molecule has 1 fully saturated rings. The van der Waals surface area contributed by atoms with E-state index in [1.807, 2.05) is 0 Å². The molecule has 1 saturated heterocycles. The Balaban J connectivity index is 2.63. The lowest BCUT2D eigenvalue weighted by molar-refractivity contribution is -0.147. The van der Waals surface area contributed by atoms with Crippen LogP contribution in [0.25, 0.3) is 0 Å². The highest BCUT2D eigenvalue weighted by Crippen LogP contribution is 2.05. The molecular weight excluding hydrogens is 386 g/mol. The summed E-state index contributed by atoms with van der Waals surface area (Å²) in [4.78, 5) is 58.4. The quantitative estimate of drug-likeness (QED) is 0.159. The Kier molecular flexibility index (Phi) is 10.6. The highest BCUT2D eigenvalue weighted by molar-refractivity contribution is 5.93. The molecule has 1 aliphatic heterocycles. The number of hydrogen-bond donors (Lipinski definition) is 7. The van der Waals surface area contributed by atoms with Crippen molar-refractivity contribution >= 4 is 29.7 Å². The number of carboxylic acids is 2. The van der Waals surface area contributed by atoms with Gasteiger partial charge in [-0.25, -0.2) is 4.79 Å². The van der Waals surface area contributed by atoms with Crippen molar-refractivity contribution in [2.24, 2.45) is 5.73 Å². The lowest BCUT2D eigenvalue weighted by atomic mass is 10.1. The van der Waals surface area contributed by atoms with E-state index >= 15 is 0 Å². The van der Waals surface area contributed by atoms with E-state index in [-0.39, 0.29) is 24.9 Å². The lowest BCUT2D eigenvalue weighted by Gasteiger charge is -2.21.